The van der Waals surface area contributed by atoms with E-state index < -0.39 is 0 Å². The van der Waals surface area contributed by atoms with Crippen molar-refractivity contribution in [3.05, 3.63) is 12.7 Å². The van der Waals surface area contributed by atoms with Crippen molar-refractivity contribution in [2.24, 2.45) is 11.8 Å². The lowest BCUT2D eigenvalue weighted by Crippen LogP contribution is -2.09. The minimum atomic E-state index is -0.0620. The lowest BCUT2D eigenvalue weighted by atomic mass is 10.1. The summed E-state index contributed by atoms with van der Waals surface area (Å²) in [5.74, 6) is 1.36. The molecule has 1 aliphatic carbocycles. The molecule has 1 saturated carbocycles. The highest BCUT2D eigenvalue weighted by molar-refractivity contribution is 4.88. The van der Waals surface area contributed by atoms with Crippen LogP contribution in [0.2, 0.25) is 0 Å². The van der Waals surface area contributed by atoms with E-state index in [2.05, 4.69) is 13.5 Å². The van der Waals surface area contributed by atoms with Crippen LogP contribution in [0.1, 0.15) is 26.2 Å². The van der Waals surface area contributed by atoms with Crippen molar-refractivity contribution in [3.8, 4) is 0 Å². The van der Waals surface area contributed by atoms with Gasteiger partial charge in [0.15, 0.2) is 0 Å². The van der Waals surface area contributed by atoms with Crippen LogP contribution < -0.4 is 0 Å². The zero-order valence-electron chi connectivity index (χ0n) is 6.59. The van der Waals surface area contributed by atoms with Crippen molar-refractivity contribution in [2.45, 2.75) is 32.3 Å². The molecule has 1 heteroatoms. The summed E-state index contributed by atoms with van der Waals surface area (Å²) < 4.78 is 0. The molecular weight excluding hydrogens is 124 g/mol. The third-order valence-electron chi connectivity index (χ3n) is 2.33. The Morgan fingerprint density at radius 3 is 2.80 bits per heavy atom. The van der Waals surface area contributed by atoms with Gasteiger partial charge in [-0.25, -0.2) is 0 Å². The molecule has 3 unspecified atom stereocenters. The van der Waals surface area contributed by atoms with Crippen LogP contribution in [0.3, 0.4) is 0 Å². The van der Waals surface area contributed by atoms with Crippen molar-refractivity contribution in [1.82, 2.24) is 0 Å². The minimum absolute atomic E-state index is 0.0620. The topological polar surface area (TPSA) is 20.2 Å². The van der Waals surface area contributed by atoms with E-state index in [1.807, 2.05) is 6.08 Å². The van der Waals surface area contributed by atoms with E-state index in [9.17, 15) is 5.11 Å². The Morgan fingerprint density at radius 2 is 2.40 bits per heavy atom. The third-order valence-corrected chi connectivity index (χ3v) is 2.33. The van der Waals surface area contributed by atoms with Gasteiger partial charge in [0, 0.05) is 0 Å². The normalized spacial score (nSPS) is 33.4. The molecule has 3 atom stereocenters. The van der Waals surface area contributed by atoms with E-state index >= 15 is 0 Å². The SMILES string of the molecule is C=CCCC(O)C1CC1C. The first-order valence-corrected chi connectivity index (χ1v) is 4.04. The van der Waals surface area contributed by atoms with Gasteiger partial charge in [0.2, 0.25) is 0 Å². The number of hydrogen-bond donors (Lipinski definition) is 1. The molecule has 0 aliphatic heterocycles. The second-order valence-electron chi connectivity index (χ2n) is 3.31. The maximum Gasteiger partial charge on any atom is 0.0574 e. The fourth-order valence-corrected chi connectivity index (χ4v) is 1.39. The molecule has 58 valence electrons. The maximum absolute atomic E-state index is 9.44. The van der Waals surface area contributed by atoms with Crippen LogP contribution in [0.15, 0.2) is 12.7 Å². The van der Waals surface area contributed by atoms with Crippen molar-refractivity contribution in [1.29, 1.82) is 0 Å². The van der Waals surface area contributed by atoms with E-state index in [1.54, 1.807) is 0 Å². The molecule has 0 amide bonds. The van der Waals surface area contributed by atoms with Gasteiger partial charge in [0.25, 0.3) is 0 Å². The monoisotopic (exact) mass is 140 g/mol. The number of hydrogen-bond acceptors (Lipinski definition) is 1. The standard InChI is InChI=1S/C9H16O/c1-3-4-5-9(10)8-6-7(8)2/h3,7-10H,1,4-6H2,2H3. The summed E-state index contributed by atoms with van der Waals surface area (Å²) in [6, 6.07) is 0. The highest BCUT2D eigenvalue weighted by atomic mass is 16.3. The first-order valence-electron chi connectivity index (χ1n) is 4.04. The van der Waals surface area contributed by atoms with Crippen molar-refractivity contribution in [2.75, 3.05) is 0 Å². The number of allylic oxidation sites excluding steroid dienone is 1. The van der Waals surface area contributed by atoms with Gasteiger partial charge in [0.1, 0.15) is 0 Å². The Balaban J connectivity index is 2.10. The molecule has 0 spiro atoms. The summed E-state index contributed by atoms with van der Waals surface area (Å²) in [4.78, 5) is 0. The molecule has 0 aromatic carbocycles. The Morgan fingerprint density at radius 1 is 1.80 bits per heavy atom. The molecular formula is C9H16O. The third kappa shape index (κ3) is 1.84. The Bertz CT molecular complexity index is 120. The lowest BCUT2D eigenvalue weighted by Gasteiger charge is -2.06. The molecule has 10 heavy (non-hydrogen) atoms. The summed E-state index contributed by atoms with van der Waals surface area (Å²) in [5.41, 5.74) is 0. The van der Waals surface area contributed by atoms with Gasteiger partial charge < -0.3 is 5.11 Å². The average Bonchev–Trinajstić information content (AvgIpc) is 2.62. The van der Waals surface area contributed by atoms with Crippen LogP contribution >= 0.6 is 0 Å². The van der Waals surface area contributed by atoms with E-state index in [4.69, 9.17) is 0 Å². The van der Waals surface area contributed by atoms with Crippen molar-refractivity contribution in [3.63, 3.8) is 0 Å². The largest absolute Gasteiger partial charge is 0.393 e. The van der Waals surface area contributed by atoms with Crippen LogP contribution in [0, 0.1) is 11.8 Å². The first-order chi connectivity index (χ1) is 4.75. The molecule has 0 aromatic heterocycles. The van der Waals surface area contributed by atoms with Crippen molar-refractivity contribution < 1.29 is 5.11 Å². The van der Waals surface area contributed by atoms with E-state index in [0.29, 0.717) is 5.92 Å². The van der Waals surface area contributed by atoms with Crippen LogP contribution in [-0.4, -0.2) is 11.2 Å². The molecule has 1 N–H and O–H groups in total. The molecule has 0 radical (unpaired) electrons. The van der Waals surface area contributed by atoms with Crippen molar-refractivity contribution >= 4 is 0 Å². The number of aliphatic hydroxyl groups is 1. The van der Waals surface area contributed by atoms with Crippen LogP contribution in [-0.2, 0) is 0 Å². The molecule has 1 fully saturated rings. The number of aliphatic hydroxyl groups excluding tert-OH is 1. The summed E-state index contributed by atoms with van der Waals surface area (Å²) in [6.07, 6.45) is 4.88. The predicted octanol–water partition coefficient (Wildman–Crippen LogP) is 1.97. The molecule has 1 rings (SSSR count). The predicted molar refractivity (Wildman–Crippen MR) is 42.7 cm³/mol. The van der Waals surface area contributed by atoms with Gasteiger partial charge in [-0.15, -0.1) is 6.58 Å². The Labute approximate surface area is 62.8 Å². The van der Waals surface area contributed by atoms with Crippen LogP contribution in [0.25, 0.3) is 0 Å². The summed E-state index contributed by atoms with van der Waals surface area (Å²) in [6.45, 7) is 5.82. The van der Waals surface area contributed by atoms with Gasteiger partial charge in [-0.2, -0.15) is 0 Å². The Kier molecular flexibility index (Phi) is 2.50. The zero-order valence-corrected chi connectivity index (χ0v) is 6.59. The maximum atomic E-state index is 9.44. The number of rotatable bonds is 4. The van der Waals surface area contributed by atoms with Gasteiger partial charge in [-0.1, -0.05) is 13.0 Å². The average molecular weight is 140 g/mol. The molecule has 0 aromatic rings. The highest BCUT2D eigenvalue weighted by Crippen LogP contribution is 2.41. The smallest absolute Gasteiger partial charge is 0.0574 e. The van der Waals surface area contributed by atoms with E-state index in [0.717, 1.165) is 18.8 Å². The zero-order chi connectivity index (χ0) is 7.56. The summed E-state index contributed by atoms with van der Waals surface area (Å²) >= 11 is 0. The van der Waals surface area contributed by atoms with Gasteiger partial charge in [-0.3, -0.25) is 0 Å². The van der Waals surface area contributed by atoms with Gasteiger partial charge in [0.05, 0.1) is 6.10 Å². The highest BCUT2D eigenvalue weighted by Gasteiger charge is 2.37. The minimum Gasteiger partial charge on any atom is -0.393 e. The molecule has 1 aliphatic rings. The Hall–Kier alpha value is -0.300. The molecule has 0 saturated heterocycles. The van der Waals surface area contributed by atoms with E-state index in [1.165, 1.54) is 6.42 Å². The van der Waals surface area contributed by atoms with Crippen LogP contribution in [0.5, 0.6) is 0 Å². The summed E-state index contributed by atoms with van der Waals surface area (Å²) in [5, 5.41) is 9.44. The fourth-order valence-electron chi connectivity index (χ4n) is 1.39. The molecule has 0 heterocycles. The summed E-state index contributed by atoms with van der Waals surface area (Å²) in [7, 11) is 0. The molecule has 1 nitrogen and oxygen atoms in total. The quantitative estimate of drug-likeness (QED) is 0.592. The van der Waals surface area contributed by atoms with Crippen LogP contribution in [0.4, 0.5) is 0 Å². The molecule has 0 bridgehead atoms. The van der Waals surface area contributed by atoms with Gasteiger partial charge >= 0.3 is 0 Å². The van der Waals surface area contributed by atoms with E-state index in [-0.39, 0.29) is 6.10 Å². The fraction of sp³-hybridized carbons (Fsp3) is 0.778. The second-order valence-corrected chi connectivity index (χ2v) is 3.31. The first kappa shape index (κ1) is 7.80. The lowest BCUT2D eigenvalue weighted by molar-refractivity contribution is 0.137. The van der Waals surface area contributed by atoms with Gasteiger partial charge in [-0.05, 0) is 31.1 Å². The second kappa shape index (κ2) is 3.20.